The molecule has 5 nitrogen and oxygen atoms in total. The first kappa shape index (κ1) is 23.6. The number of guanidine groups is 1. The second-order valence-electron chi connectivity index (χ2n) is 6.68. The number of nitrogens with one attached hydrogen (secondary N) is 2. The molecule has 0 amide bonds. The average Bonchev–Trinajstić information content (AvgIpc) is 2.86. The van der Waals surface area contributed by atoms with E-state index in [0.717, 1.165) is 43.5 Å². The Morgan fingerprint density at radius 1 is 1.23 bits per heavy atom. The molecule has 1 fully saturated rings. The van der Waals surface area contributed by atoms with Crippen LogP contribution < -0.4 is 10.6 Å². The Morgan fingerprint density at radius 3 is 2.65 bits per heavy atom. The zero-order valence-corrected chi connectivity index (χ0v) is 19.4. The van der Waals surface area contributed by atoms with Crippen molar-refractivity contribution >= 4 is 41.3 Å². The summed E-state index contributed by atoms with van der Waals surface area (Å²) in [5, 5.41) is 7.76. The molecule has 0 bridgehead atoms. The lowest BCUT2D eigenvalue weighted by Crippen LogP contribution is -2.37. The van der Waals surface area contributed by atoms with E-state index in [9.17, 15) is 0 Å². The summed E-state index contributed by atoms with van der Waals surface area (Å²) < 4.78 is 6.04. The first-order valence-corrected chi connectivity index (χ1v) is 10.6. The van der Waals surface area contributed by atoms with Gasteiger partial charge in [0.05, 0.1) is 12.6 Å². The van der Waals surface area contributed by atoms with Gasteiger partial charge in [-0.3, -0.25) is 0 Å². The molecule has 1 heterocycles. The highest BCUT2D eigenvalue weighted by Gasteiger charge is 2.11. The third-order valence-electron chi connectivity index (χ3n) is 4.41. The number of rotatable bonds is 9. The van der Waals surface area contributed by atoms with E-state index >= 15 is 0 Å². The van der Waals surface area contributed by atoms with Gasteiger partial charge in [0, 0.05) is 30.8 Å². The highest BCUT2D eigenvalue weighted by Crippen LogP contribution is 2.19. The molecule has 1 saturated carbocycles. The third-order valence-corrected chi connectivity index (χ3v) is 5.30. The lowest BCUT2D eigenvalue weighted by atomic mass is 10.1. The molecule has 1 aliphatic rings. The Labute approximate surface area is 179 Å². The normalized spacial score (nSPS) is 16.0. The fraction of sp³-hybridized carbons (Fsp3) is 0.789. The molecule has 0 unspecified atom stereocenters. The van der Waals surface area contributed by atoms with Crippen LogP contribution in [0.25, 0.3) is 0 Å². The molecule has 0 atom stereocenters. The smallest absolute Gasteiger partial charge is 0.191 e. The molecule has 26 heavy (non-hydrogen) atoms. The van der Waals surface area contributed by atoms with Crippen LogP contribution in [0.15, 0.2) is 11.2 Å². The molecule has 0 radical (unpaired) electrons. The summed E-state index contributed by atoms with van der Waals surface area (Å²) in [4.78, 5) is 10.2. The number of thiazole rings is 1. The van der Waals surface area contributed by atoms with Crippen LogP contribution in [0.5, 0.6) is 0 Å². The standard InChI is InChI=1S/C19H34N4OS.HI/c1-3-20-19(23-15-18-22-14-16(2)25-18)21-12-8-9-13-24-17-10-6-4-5-7-11-17;/h14,17H,3-13,15H2,1-2H3,(H2,20,21,23);1H. The summed E-state index contributed by atoms with van der Waals surface area (Å²) in [6.45, 7) is 7.48. The topological polar surface area (TPSA) is 58.5 Å². The number of halogens is 1. The van der Waals surface area contributed by atoms with Gasteiger partial charge in [-0.1, -0.05) is 25.7 Å². The van der Waals surface area contributed by atoms with Crippen LogP contribution in [0.3, 0.4) is 0 Å². The first-order chi connectivity index (χ1) is 12.3. The van der Waals surface area contributed by atoms with Gasteiger partial charge in [0.1, 0.15) is 5.01 Å². The van der Waals surface area contributed by atoms with Gasteiger partial charge in [-0.2, -0.15) is 0 Å². The number of ether oxygens (including phenoxy) is 1. The molecule has 0 spiro atoms. The van der Waals surface area contributed by atoms with Crippen molar-refractivity contribution < 1.29 is 4.74 Å². The second-order valence-corrected chi connectivity index (χ2v) is 8.00. The minimum atomic E-state index is 0. The van der Waals surface area contributed by atoms with Crippen LogP contribution >= 0.6 is 35.3 Å². The molecule has 1 aromatic heterocycles. The molecule has 0 saturated heterocycles. The summed E-state index contributed by atoms with van der Waals surface area (Å²) >= 11 is 1.71. The van der Waals surface area contributed by atoms with Crippen molar-refractivity contribution in [3.8, 4) is 0 Å². The Balaban J connectivity index is 0.00000338. The Kier molecular flexibility index (Phi) is 13.3. The van der Waals surface area contributed by atoms with Gasteiger partial charge in [-0.15, -0.1) is 35.3 Å². The molecular weight excluding hydrogens is 459 g/mol. The summed E-state index contributed by atoms with van der Waals surface area (Å²) in [5.41, 5.74) is 0. The van der Waals surface area contributed by atoms with E-state index < -0.39 is 0 Å². The van der Waals surface area contributed by atoms with Crippen molar-refractivity contribution in [1.29, 1.82) is 0 Å². The molecule has 150 valence electrons. The Bertz CT molecular complexity index is 501. The van der Waals surface area contributed by atoms with Gasteiger partial charge in [-0.25, -0.2) is 9.98 Å². The van der Waals surface area contributed by atoms with Gasteiger partial charge >= 0.3 is 0 Å². The van der Waals surface area contributed by atoms with Crippen LogP contribution in [0.2, 0.25) is 0 Å². The third kappa shape index (κ3) is 10.1. The van der Waals surface area contributed by atoms with Crippen LogP contribution in [-0.2, 0) is 11.3 Å². The fourth-order valence-electron chi connectivity index (χ4n) is 3.06. The molecule has 2 N–H and O–H groups in total. The van der Waals surface area contributed by atoms with E-state index in [1.165, 1.54) is 43.4 Å². The van der Waals surface area contributed by atoms with Gasteiger partial charge in [0.25, 0.3) is 0 Å². The lowest BCUT2D eigenvalue weighted by molar-refractivity contribution is 0.0411. The minimum absolute atomic E-state index is 0. The van der Waals surface area contributed by atoms with Gasteiger partial charge in [0.15, 0.2) is 5.96 Å². The Hall–Kier alpha value is -0.410. The van der Waals surface area contributed by atoms with Crippen LogP contribution in [0, 0.1) is 6.92 Å². The number of aryl methyl sites for hydroxylation is 1. The number of hydrogen-bond donors (Lipinski definition) is 2. The van der Waals surface area contributed by atoms with Crippen molar-refractivity contribution in [2.24, 2.45) is 4.99 Å². The predicted octanol–water partition coefficient (Wildman–Crippen LogP) is 4.64. The van der Waals surface area contributed by atoms with E-state index in [4.69, 9.17) is 4.74 Å². The number of hydrogen-bond acceptors (Lipinski definition) is 4. The number of nitrogens with zero attached hydrogens (tertiary/aromatic N) is 2. The van der Waals surface area contributed by atoms with Gasteiger partial charge in [-0.05, 0) is 39.5 Å². The highest BCUT2D eigenvalue weighted by atomic mass is 127. The Morgan fingerprint density at radius 2 is 2.00 bits per heavy atom. The molecular formula is C19H35IN4OS. The maximum absolute atomic E-state index is 6.04. The van der Waals surface area contributed by atoms with Crippen LogP contribution in [0.1, 0.15) is 68.2 Å². The number of unbranched alkanes of at least 4 members (excludes halogenated alkanes) is 1. The van der Waals surface area contributed by atoms with Crippen molar-refractivity contribution in [2.75, 3.05) is 19.7 Å². The lowest BCUT2D eigenvalue weighted by Gasteiger charge is -2.15. The maximum Gasteiger partial charge on any atom is 0.191 e. The quantitative estimate of drug-likeness (QED) is 0.173. The monoisotopic (exact) mass is 494 g/mol. The average molecular weight is 494 g/mol. The second kappa shape index (κ2) is 14.6. The van der Waals surface area contributed by atoms with Crippen molar-refractivity contribution in [3.05, 3.63) is 16.1 Å². The zero-order chi connectivity index (χ0) is 17.7. The molecule has 0 aliphatic heterocycles. The molecule has 1 aliphatic carbocycles. The van der Waals surface area contributed by atoms with E-state index in [-0.39, 0.29) is 24.0 Å². The van der Waals surface area contributed by atoms with E-state index in [2.05, 4.69) is 34.5 Å². The molecule has 2 rings (SSSR count). The van der Waals surface area contributed by atoms with Crippen LogP contribution in [-0.4, -0.2) is 36.7 Å². The molecule has 1 aromatic rings. The van der Waals surface area contributed by atoms with Crippen molar-refractivity contribution in [1.82, 2.24) is 15.6 Å². The zero-order valence-electron chi connectivity index (χ0n) is 16.3. The van der Waals surface area contributed by atoms with Gasteiger partial charge < -0.3 is 15.4 Å². The number of aliphatic imine (C=N–C) groups is 1. The van der Waals surface area contributed by atoms with E-state index in [1.54, 1.807) is 11.3 Å². The minimum Gasteiger partial charge on any atom is -0.378 e. The summed E-state index contributed by atoms with van der Waals surface area (Å²) in [6, 6.07) is 0. The largest absolute Gasteiger partial charge is 0.378 e. The predicted molar refractivity (Wildman–Crippen MR) is 122 cm³/mol. The van der Waals surface area contributed by atoms with Crippen molar-refractivity contribution in [3.63, 3.8) is 0 Å². The van der Waals surface area contributed by atoms with E-state index in [0.29, 0.717) is 12.6 Å². The van der Waals surface area contributed by atoms with E-state index in [1.807, 2.05) is 6.20 Å². The summed E-state index contributed by atoms with van der Waals surface area (Å²) in [6.07, 6.45) is 12.6. The van der Waals surface area contributed by atoms with Crippen LogP contribution in [0.4, 0.5) is 0 Å². The maximum atomic E-state index is 6.04. The molecule has 0 aromatic carbocycles. The number of aromatic nitrogens is 1. The fourth-order valence-corrected chi connectivity index (χ4v) is 3.77. The van der Waals surface area contributed by atoms with Crippen molar-refractivity contribution in [2.45, 2.75) is 77.9 Å². The first-order valence-electron chi connectivity index (χ1n) is 9.83. The SMILES string of the molecule is CCNC(=NCc1ncc(C)s1)NCCCCOC1CCCCCC1.I. The highest BCUT2D eigenvalue weighted by molar-refractivity contribution is 14.0. The van der Waals surface area contributed by atoms with Gasteiger partial charge in [0.2, 0.25) is 0 Å². The summed E-state index contributed by atoms with van der Waals surface area (Å²) in [5.74, 6) is 0.875. The molecule has 7 heteroatoms. The summed E-state index contributed by atoms with van der Waals surface area (Å²) in [7, 11) is 0.